The second-order valence-corrected chi connectivity index (χ2v) is 6.29. The number of amides is 2. The van der Waals surface area contributed by atoms with Crippen LogP contribution in [0.5, 0.6) is 0 Å². The Bertz CT molecular complexity index is 932. The Morgan fingerprint density at radius 3 is 2.58 bits per heavy atom. The third-order valence-electron chi connectivity index (χ3n) is 3.33. The van der Waals surface area contributed by atoms with Crippen LogP contribution in [0.15, 0.2) is 36.9 Å². The van der Waals surface area contributed by atoms with Crippen molar-refractivity contribution in [1.29, 1.82) is 0 Å². The summed E-state index contributed by atoms with van der Waals surface area (Å²) in [6.07, 6.45) is 4.54. The van der Waals surface area contributed by atoms with Crippen molar-refractivity contribution in [3.05, 3.63) is 57.8 Å². The molecule has 1 aromatic carbocycles. The fourth-order valence-corrected chi connectivity index (χ4v) is 2.73. The van der Waals surface area contributed by atoms with Crippen molar-refractivity contribution in [2.75, 3.05) is 5.32 Å². The van der Waals surface area contributed by atoms with Crippen LogP contribution in [-0.4, -0.2) is 30.8 Å². The number of aromatic nitrogens is 5. The zero-order valence-corrected chi connectivity index (χ0v) is 15.6. The SMILES string of the molecule is CC(NC(=O)Nc1ccc(Cl)c(Cl)c1Cl)c1ncnn1-c1ncccn1. The molecule has 8 nitrogen and oxygen atoms in total. The summed E-state index contributed by atoms with van der Waals surface area (Å²) >= 11 is 17.9. The summed E-state index contributed by atoms with van der Waals surface area (Å²) in [5.74, 6) is 0.813. The van der Waals surface area contributed by atoms with Gasteiger partial charge in [0.15, 0.2) is 5.82 Å². The molecule has 0 radical (unpaired) electrons. The monoisotopic (exact) mass is 411 g/mol. The van der Waals surface area contributed by atoms with Gasteiger partial charge in [0.25, 0.3) is 5.95 Å². The average Bonchev–Trinajstić information content (AvgIpc) is 3.13. The van der Waals surface area contributed by atoms with Gasteiger partial charge in [-0.25, -0.2) is 19.7 Å². The van der Waals surface area contributed by atoms with Gasteiger partial charge < -0.3 is 10.6 Å². The first-order valence-electron chi connectivity index (χ1n) is 7.35. The first kappa shape index (κ1) is 18.4. The fourth-order valence-electron chi connectivity index (χ4n) is 2.14. The molecule has 1 unspecified atom stereocenters. The quantitative estimate of drug-likeness (QED) is 0.633. The summed E-state index contributed by atoms with van der Waals surface area (Å²) in [5.41, 5.74) is 0.332. The summed E-state index contributed by atoms with van der Waals surface area (Å²) in [5, 5.41) is 10.1. The summed E-state index contributed by atoms with van der Waals surface area (Å²) in [7, 11) is 0. The number of anilines is 1. The highest BCUT2D eigenvalue weighted by molar-refractivity contribution is 6.49. The van der Waals surface area contributed by atoms with E-state index in [0.29, 0.717) is 22.5 Å². The van der Waals surface area contributed by atoms with E-state index in [1.807, 2.05) is 0 Å². The predicted octanol–water partition coefficient (Wildman–Crippen LogP) is 3.90. The smallest absolute Gasteiger partial charge is 0.319 e. The molecule has 0 bridgehead atoms. The highest BCUT2D eigenvalue weighted by Crippen LogP contribution is 2.35. The Hall–Kier alpha value is -2.42. The maximum absolute atomic E-state index is 12.3. The maximum atomic E-state index is 12.3. The molecule has 2 aromatic heterocycles. The fraction of sp³-hybridized carbons (Fsp3) is 0.133. The van der Waals surface area contributed by atoms with Gasteiger partial charge in [0.1, 0.15) is 6.33 Å². The predicted molar refractivity (Wildman–Crippen MR) is 99.0 cm³/mol. The Kier molecular flexibility index (Phi) is 5.55. The molecule has 0 saturated heterocycles. The molecule has 2 N–H and O–H groups in total. The Morgan fingerprint density at radius 1 is 1.12 bits per heavy atom. The molecule has 134 valence electrons. The van der Waals surface area contributed by atoms with Crippen molar-refractivity contribution < 1.29 is 4.79 Å². The third kappa shape index (κ3) is 3.87. The molecule has 0 fully saturated rings. The Balaban J connectivity index is 1.73. The lowest BCUT2D eigenvalue weighted by Crippen LogP contribution is -2.32. The lowest BCUT2D eigenvalue weighted by Gasteiger charge is -2.15. The zero-order valence-electron chi connectivity index (χ0n) is 13.3. The minimum absolute atomic E-state index is 0.155. The van der Waals surface area contributed by atoms with Gasteiger partial charge in [-0.15, -0.1) is 0 Å². The number of carbonyl (C=O) groups excluding carboxylic acids is 1. The number of urea groups is 1. The second-order valence-electron chi connectivity index (χ2n) is 5.12. The maximum Gasteiger partial charge on any atom is 0.319 e. The molecule has 1 atom stereocenters. The van der Waals surface area contributed by atoms with Crippen molar-refractivity contribution in [2.24, 2.45) is 0 Å². The van der Waals surface area contributed by atoms with Gasteiger partial charge in [-0.3, -0.25) is 0 Å². The lowest BCUT2D eigenvalue weighted by atomic mass is 10.3. The van der Waals surface area contributed by atoms with Gasteiger partial charge in [0.05, 0.1) is 26.8 Å². The van der Waals surface area contributed by atoms with Gasteiger partial charge in [0, 0.05) is 12.4 Å². The first-order chi connectivity index (χ1) is 12.5. The van der Waals surface area contributed by atoms with Crippen LogP contribution in [0.1, 0.15) is 18.8 Å². The third-order valence-corrected chi connectivity index (χ3v) is 4.63. The van der Waals surface area contributed by atoms with E-state index in [0.717, 1.165) is 0 Å². The summed E-state index contributed by atoms with van der Waals surface area (Å²) in [6.45, 7) is 1.75. The minimum atomic E-state index is -0.499. The molecule has 11 heteroatoms. The van der Waals surface area contributed by atoms with E-state index in [9.17, 15) is 4.79 Å². The van der Waals surface area contributed by atoms with Crippen LogP contribution in [0, 0.1) is 0 Å². The first-order valence-corrected chi connectivity index (χ1v) is 8.49. The molecule has 0 aliphatic rings. The van der Waals surface area contributed by atoms with E-state index >= 15 is 0 Å². The molecular formula is C15H12Cl3N7O. The van der Waals surface area contributed by atoms with Gasteiger partial charge in [-0.05, 0) is 25.1 Å². The molecule has 0 saturated carbocycles. The largest absolute Gasteiger partial charge is 0.328 e. The molecule has 0 aliphatic heterocycles. The summed E-state index contributed by atoms with van der Waals surface area (Å²) in [6, 6.07) is 3.80. The topological polar surface area (TPSA) is 97.6 Å². The number of hydrogen-bond donors (Lipinski definition) is 2. The van der Waals surface area contributed by atoms with Crippen LogP contribution in [0.25, 0.3) is 5.95 Å². The average molecular weight is 413 g/mol. The Labute approximate surface area is 163 Å². The van der Waals surface area contributed by atoms with E-state index in [1.54, 1.807) is 31.5 Å². The minimum Gasteiger partial charge on any atom is -0.328 e. The van der Waals surface area contributed by atoms with E-state index in [1.165, 1.54) is 17.1 Å². The standard InChI is InChI=1S/C15H12Cl3N7O/c1-8(13-21-7-22-25(13)14-19-5-2-6-20-14)23-15(26)24-10-4-3-9(16)11(17)12(10)18/h2-8H,1H3,(H2,23,24,26). The second kappa shape index (κ2) is 7.86. The molecule has 2 heterocycles. The molecule has 3 rings (SSSR count). The number of rotatable bonds is 4. The van der Waals surface area contributed by atoms with E-state index in [2.05, 4.69) is 30.7 Å². The van der Waals surface area contributed by atoms with Gasteiger partial charge in [-0.2, -0.15) is 9.78 Å². The number of benzene rings is 1. The molecule has 2 amide bonds. The number of nitrogens with one attached hydrogen (secondary N) is 2. The van der Waals surface area contributed by atoms with Gasteiger partial charge in [0.2, 0.25) is 0 Å². The molecule has 26 heavy (non-hydrogen) atoms. The van der Waals surface area contributed by atoms with Gasteiger partial charge >= 0.3 is 6.03 Å². The lowest BCUT2D eigenvalue weighted by molar-refractivity contribution is 0.248. The highest BCUT2D eigenvalue weighted by atomic mass is 35.5. The highest BCUT2D eigenvalue weighted by Gasteiger charge is 2.19. The number of nitrogens with zero attached hydrogens (tertiary/aromatic N) is 5. The van der Waals surface area contributed by atoms with E-state index in [-0.39, 0.29) is 10.0 Å². The van der Waals surface area contributed by atoms with Crippen molar-refractivity contribution in [2.45, 2.75) is 13.0 Å². The molecular weight excluding hydrogens is 401 g/mol. The molecule has 0 spiro atoms. The van der Waals surface area contributed by atoms with Crippen LogP contribution < -0.4 is 10.6 Å². The van der Waals surface area contributed by atoms with Crippen LogP contribution in [0.4, 0.5) is 10.5 Å². The van der Waals surface area contributed by atoms with Crippen LogP contribution in [-0.2, 0) is 0 Å². The Morgan fingerprint density at radius 2 is 1.85 bits per heavy atom. The normalized spacial score (nSPS) is 11.8. The zero-order chi connectivity index (χ0) is 18.7. The van der Waals surface area contributed by atoms with Crippen LogP contribution >= 0.6 is 34.8 Å². The summed E-state index contributed by atoms with van der Waals surface area (Å²) in [4.78, 5) is 24.7. The van der Waals surface area contributed by atoms with Gasteiger partial charge in [-0.1, -0.05) is 34.8 Å². The van der Waals surface area contributed by atoms with E-state index < -0.39 is 12.1 Å². The number of hydrogen-bond acceptors (Lipinski definition) is 5. The van der Waals surface area contributed by atoms with Crippen LogP contribution in [0.3, 0.4) is 0 Å². The van der Waals surface area contributed by atoms with E-state index in [4.69, 9.17) is 34.8 Å². The molecule has 0 aliphatic carbocycles. The van der Waals surface area contributed by atoms with Crippen LogP contribution in [0.2, 0.25) is 15.1 Å². The van der Waals surface area contributed by atoms with Crippen molar-refractivity contribution in [3.63, 3.8) is 0 Å². The summed E-state index contributed by atoms with van der Waals surface area (Å²) < 4.78 is 1.44. The number of carbonyl (C=O) groups is 1. The number of halogens is 3. The van der Waals surface area contributed by atoms with Crippen molar-refractivity contribution in [3.8, 4) is 5.95 Å². The van der Waals surface area contributed by atoms with Crippen molar-refractivity contribution >= 4 is 46.5 Å². The molecule has 3 aromatic rings. The van der Waals surface area contributed by atoms with Crippen molar-refractivity contribution in [1.82, 2.24) is 30.0 Å².